The number of nitrogen functional groups attached to an aromatic ring is 1. The number of hydrogen-bond donors (Lipinski definition) is 1. The Kier molecular flexibility index (Phi) is 8.00. The largest absolute Gasteiger partial charge is 0.497 e. The molecule has 1 aromatic heterocycles. The van der Waals surface area contributed by atoms with Crippen molar-refractivity contribution in [1.82, 2.24) is 4.57 Å². The molecule has 0 fully saturated rings. The van der Waals surface area contributed by atoms with E-state index >= 15 is 0 Å². The highest BCUT2D eigenvalue weighted by molar-refractivity contribution is 5.97. The van der Waals surface area contributed by atoms with Crippen LogP contribution < -0.4 is 10.5 Å². The van der Waals surface area contributed by atoms with Gasteiger partial charge in [-0.3, -0.25) is 4.79 Å². The SMILES string of the molecule is CCOC=O.COc1cccc(Cn2cc(-c3ccc(C(C)(C)C)cc3)c3cc(N)ccc32)c1. The summed E-state index contributed by atoms with van der Waals surface area (Å²) in [5.74, 6) is 0.876. The van der Waals surface area contributed by atoms with E-state index in [1.807, 2.05) is 18.2 Å². The normalized spacial score (nSPS) is 11.0. The van der Waals surface area contributed by atoms with E-state index < -0.39 is 0 Å². The summed E-state index contributed by atoms with van der Waals surface area (Å²) in [6.45, 7) is 10.2. The average Bonchev–Trinajstić information content (AvgIpc) is 3.17. The summed E-state index contributed by atoms with van der Waals surface area (Å²) < 4.78 is 11.8. The van der Waals surface area contributed by atoms with E-state index in [0.29, 0.717) is 13.1 Å². The Hall–Kier alpha value is -3.73. The first-order valence-corrected chi connectivity index (χ1v) is 11.4. The van der Waals surface area contributed by atoms with Crippen LogP contribution in [-0.2, 0) is 21.5 Å². The van der Waals surface area contributed by atoms with Crippen LogP contribution in [0.15, 0.2) is 72.9 Å². The quantitative estimate of drug-likeness (QED) is 0.267. The number of ether oxygens (including phenoxy) is 2. The molecule has 0 aliphatic rings. The van der Waals surface area contributed by atoms with E-state index in [9.17, 15) is 4.79 Å². The van der Waals surface area contributed by atoms with Crippen LogP contribution in [0, 0.1) is 0 Å². The van der Waals surface area contributed by atoms with E-state index in [4.69, 9.17) is 10.5 Å². The minimum absolute atomic E-state index is 0.142. The van der Waals surface area contributed by atoms with Gasteiger partial charge >= 0.3 is 0 Å². The highest BCUT2D eigenvalue weighted by Crippen LogP contribution is 2.34. The predicted molar refractivity (Wildman–Crippen MR) is 140 cm³/mol. The Labute approximate surface area is 202 Å². The highest BCUT2D eigenvalue weighted by atomic mass is 16.5. The van der Waals surface area contributed by atoms with Gasteiger partial charge in [-0.15, -0.1) is 0 Å². The standard InChI is InChI=1S/C26H28N2O.C3H6O2/c1-26(2,3)20-10-8-19(9-11-20)24-17-28(25-13-12-21(27)15-23(24)25)16-18-6-5-7-22(14-18)29-4;1-2-5-3-4/h5-15,17H,16,27H2,1-4H3;3H,2H2,1H3. The zero-order valence-electron chi connectivity index (χ0n) is 20.7. The molecular weight excluding hydrogens is 424 g/mol. The zero-order chi connectivity index (χ0) is 24.7. The molecule has 0 aliphatic heterocycles. The molecular formula is C29H34N2O3. The molecule has 0 bridgehead atoms. The molecule has 0 radical (unpaired) electrons. The van der Waals surface area contributed by atoms with Crippen molar-refractivity contribution in [3.05, 3.63) is 84.1 Å². The topological polar surface area (TPSA) is 66.5 Å². The highest BCUT2D eigenvalue weighted by Gasteiger charge is 2.15. The van der Waals surface area contributed by atoms with Crippen LogP contribution in [-0.4, -0.2) is 24.8 Å². The van der Waals surface area contributed by atoms with Crippen LogP contribution >= 0.6 is 0 Å². The molecule has 5 nitrogen and oxygen atoms in total. The smallest absolute Gasteiger partial charge is 0.293 e. The molecule has 0 unspecified atom stereocenters. The van der Waals surface area contributed by atoms with Gasteiger partial charge in [0, 0.05) is 34.9 Å². The second-order valence-corrected chi connectivity index (χ2v) is 9.18. The van der Waals surface area contributed by atoms with Crippen LogP contribution in [0.3, 0.4) is 0 Å². The van der Waals surface area contributed by atoms with E-state index in [-0.39, 0.29) is 5.41 Å². The number of fused-ring (bicyclic) bond motifs is 1. The fraction of sp³-hybridized carbons (Fsp3) is 0.276. The van der Waals surface area contributed by atoms with Crippen LogP contribution in [0.5, 0.6) is 5.75 Å². The van der Waals surface area contributed by atoms with Gasteiger partial charge in [0.15, 0.2) is 0 Å². The summed E-state index contributed by atoms with van der Waals surface area (Å²) in [6, 6.07) is 23.3. The number of carbonyl (C=O) groups excluding carboxylic acids is 1. The number of methoxy groups -OCH3 is 1. The molecule has 178 valence electrons. The maximum Gasteiger partial charge on any atom is 0.293 e. The maximum absolute atomic E-state index is 9.18. The van der Waals surface area contributed by atoms with Crippen molar-refractivity contribution in [3.63, 3.8) is 0 Å². The molecule has 5 heteroatoms. The van der Waals surface area contributed by atoms with Crippen molar-refractivity contribution >= 4 is 23.1 Å². The first-order chi connectivity index (χ1) is 16.3. The van der Waals surface area contributed by atoms with Gasteiger partial charge in [-0.2, -0.15) is 0 Å². The number of nitrogens with zero attached hydrogens (tertiary/aromatic N) is 1. The van der Waals surface area contributed by atoms with Gasteiger partial charge in [0.05, 0.1) is 13.7 Å². The monoisotopic (exact) mass is 458 g/mol. The van der Waals surface area contributed by atoms with Crippen LogP contribution in [0.4, 0.5) is 5.69 Å². The molecule has 4 aromatic rings. The van der Waals surface area contributed by atoms with Gasteiger partial charge < -0.3 is 19.8 Å². The van der Waals surface area contributed by atoms with Crippen molar-refractivity contribution in [2.45, 2.75) is 39.7 Å². The molecule has 0 aliphatic carbocycles. The van der Waals surface area contributed by atoms with Gasteiger partial charge in [0.2, 0.25) is 0 Å². The van der Waals surface area contributed by atoms with Crippen LogP contribution in [0.25, 0.3) is 22.0 Å². The number of nitrogens with two attached hydrogens (primary N) is 1. The van der Waals surface area contributed by atoms with Crippen molar-refractivity contribution in [2.24, 2.45) is 0 Å². The van der Waals surface area contributed by atoms with Crippen molar-refractivity contribution in [2.75, 3.05) is 19.5 Å². The van der Waals surface area contributed by atoms with Gasteiger partial charge in [0.25, 0.3) is 6.47 Å². The van der Waals surface area contributed by atoms with E-state index in [0.717, 1.165) is 18.0 Å². The molecule has 4 rings (SSSR count). The predicted octanol–water partition coefficient (Wildman–Crippen LogP) is 6.42. The van der Waals surface area contributed by atoms with E-state index in [1.54, 1.807) is 14.0 Å². The number of benzene rings is 3. The Morgan fingerprint density at radius 3 is 2.32 bits per heavy atom. The third-order valence-electron chi connectivity index (χ3n) is 5.69. The Balaban J connectivity index is 0.000000588. The lowest BCUT2D eigenvalue weighted by atomic mass is 9.86. The van der Waals surface area contributed by atoms with Gasteiger partial charge in [-0.25, -0.2) is 0 Å². The molecule has 0 saturated carbocycles. The molecule has 0 spiro atoms. The van der Waals surface area contributed by atoms with Crippen molar-refractivity contribution in [1.29, 1.82) is 0 Å². The fourth-order valence-corrected chi connectivity index (χ4v) is 3.86. The van der Waals surface area contributed by atoms with Crippen molar-refractivity contribution in [3.8, 4) is 16.9 Å². The molecule has 1 heterocycles. The number of aromatic nitrogens is 1. The Bertz CT molecular complexity index is 1230. The number of anilines is 1. The summed E-state index contributed by atoms with van der Waals surface area (Å²) in [5.41, 5.74) is 13.2. The fourth-order valence-electron chi connectivity index (χ4n) is 3.86. The lowest BCUT2D eigenvalue weighted by molar-refractivity contribution is -0.128. The van der Waals surface area contributed by atoms with Crippen molar-refractivity contribution < 1.29 is 14.3 Å². The summed E-state index contributed by atoms with van der Waals surface area (Å²) in [6.07, 6.45) is 2.23. The number of carbonyl (C=O) groups is 1. The number of hydrogen-bond acceptors (Lipinski definition) is 4. The summed E-state index contributed by atoms with van der Waals surface area (Å²) in [7, 11) is 1.70. The third kappa shape index (κ3) is 5.98. The summed E-state index contributed by atoms with van der Waals surface area (Å²) in [5, 5.41) is 1.18. The minimum Gasteiger partial charge on any atom is -0.497 e. The van der Waals surface area contributed by atoms with Crippen LogP contribution in [0.2, 0.25) is 0 Å². The molecule has 2 N–H and O–H groups in total. The second kappa shape index (κ2) is 10.9. The third-order valence-corrected chi connectivity index (χ3v) is 5.69. The average molecular weight is 459 g/mol. The minimum atomic E-state index is 0.142. The number of rotatable bonds is 6. The molecule has 0 saturated heterocycles. The lowest BCUT2D eigenvalue weighted by Crippen LogP contribution is -2.10. The van der Waals surface area contributed by atoms with E-state index in [1.165, 1.54) is 33.2 Å². The maximum atomic E-state index is 9.18. The van der Waals surface area contributed by atoms with Gasteiger partial charge in [-0.05, 0) is 59.4 Å². The molecule has 0 atom stereocenters. The summed E-state index contributed by atoms with van der Waals surface area (Å²) >= 11 is 0. The first kappa shape index (κ1) is 24.9. The van der Waals surface area contributed by atoms with Gasteiger partial charge in [-0.1, -0.05) is 57.2 Å². The summed E-state index contributed by atoms with van der Waals surface area (Å²) in [4.78, 5) is 9.18. The Morgan fingerprint density at radius 2 is 1.74 bits per heavy atom. The lowest BCUT2D eigenvalue weighted by Gasteiger charge is -2.19. The zero-order valence-corrected chi connectivity index (χ0v) is 20.7. The molecule has 34 heavy (non-hydrogen) atoms. The Morgan fingerprint density at radius 1 is 1.00 bits per heavy atom. The van der Waals surface area contributed by atoms with Crippen LogP contribution in [0.1, 0.15) is 38.8 Å². The van der Waals surface area contributed by atoms with E-state index in [2.05, 4.69) is 84.8 Å². The molecule has 0 amide bonds. The van der Waals surface area contributed by atoms with Gasteiger partial charge in [0.1, 0.15) is 5.75 Å². The first-order valence-electron chi connectivity index (χ1n) is 11.4. The molecule has 3 aromatic carbocycles. The second-order valence-electron chi connectivity index (χ2n) is 9.18.